The molecular weight excluding hydrogens is 388 g/mol. The van der Waals surface area contributed by atoms with Crippen molar-refractivity contribution in [1.82, 2.24) is 10.2 Å². The van der Waals surface area contributed by atoms with Gasteiger partial charge in [-0.3, -0.25) is 9.59 Å². The summed E-state index contributed by atoms with van der Waals surface area (Å²) >= 11 is 1.60. The fourth-order valence-corrected chi connectivity index (χ4v) is 4.15. The van der Waals surface area contributed by atoms with Crippen LogP contribution in [0.4, 0.5) is 5.69 Å². The van der Waals surface area contributed by atoms with Crippen LogP contribution in [0, 0.1) is 0 Å². The molecule has 1 fully saturated rings. The van der Waals surface area contributed by atoms with Crippen LogP contribution in [-0.2, 0) is 16.1 Å². The van der Waals surface area contributed by atoms with Crippen LogP contribution in [0.2, 0.25) is 0 Å². The van der Waals surface area contributed by atoms with Crippen molar-refractivity contribution in [3.8, 4) is 5.75 Å². The van der Waals surface area contributed by atoms with E-state index in [-0.39, 0.29) is 24.1 Å². The van der Waals surface area contributed by atoms with Gasteiger partial charge in [0.25, 0.3) is 5.91 Å². The smallest absolute Gasteiger partial charge is 0.278 e. The monoisotopic (exact) mass is 417 g/mol. The highest BCUT2D eigenvalue weighted by Crippen LogP contribution is 2.25. The van der Waals surface area contributed by atoms with Crippen LogP contribution < -0.4 is 15.1 Å². The Hall–Kier alpha value is -2.58. The number of aromatic hydroxyl groups is 1. The quantitative estimate of drug-likeness (QED) is 0.578. The van der Waals surface area contributed by atoms with Crippen molar-refractivity contribution in [2.75, 3.05) is 50.7 Å². The number of para-hydroxylation sites is 2. The molecule has 0 spiro atoms. The first kappa shape index (κ1) is 21.1. The molecule has 0 radical (unpaired) electrons. The number of nitrogens with zero attached hydrogens (tertiary/aromatic N) is 2. The highest BCUT2D eigenvalue weighted by molar-refractivity contribution is 7.09. The van der Waals surface area contributed by atoms with Crippen LogP contribution >= 0.6 is 11.3 Å². The maximum absolute atomic E-state index is 12.7. The zero-order chi connectivity index (χ0) is 20.6. The Morgan fingerprint density at radius 3 is 2.62 bits per heavy atom. The van der Waals surface area contributed by atoms with Crippen molar-refractivity contribution in [3.05, 3.63) is 46.7 Å². The zero-order valence-corrected chi connectivity index (χ0v) is 17.6. The number of quaternary nitrogens is 1. The van der Waals surface area contributed by atoms with Gasteiger partial charge < -0.3 is 25.1 Å². The van der Waals surface area contributed by atoms with Crippen LogP contribution in [0.5, 0.6) is 5.75 Å². The highest BCUT2D eigenvalue weighted by Gasteiger charge is 2.26. The van der Waals surface area contributed by atoms with E-state index in [9.17, 15) is 14.7 Å². The molecule has 1 aromatic carbocycles. The minimum absolute atomic E-state index is 0.00443. The molecule has 0 bridgehead atoms. The third kappa shape index (κ3) is 5.95. The van der Waals surface area contributed by atoms with Crippen LogP contribution in [0.25, 0.3) is 0 Å². The number of likely N-dealkylation sites (N-methyl/N-ethyl adjacent to an activating group) is 1. The summed E-state index contributed by atoms with van der Waals surface area (Å²) in [5, 5.41) is 14.9. The van der Waals surface area contributed by atoms with Crippen molar-refractivity contribution in [2.45, 2.75) is 13.5 Å². The van der Waals surface area contributed by atoms with Gasteiger partial charge in [-0.05, 0) is 30.5 Å². The second-order valence-corrected chi connectivity index (χ2v) is 8.20. The summed E-state index contributed by atoms with van der Waals surface area (Å²) < 4.78 is 0. The molecule has 1 aliphatic rings. The average molecular weight is 418 g/mol. The Bertz CT molecular complexity index is 804. The van der Waals surface area contributed by atoms with Crippen molar-refractivity contribution in [2.24, 2.45) is 0 Å². The molecule has 0 aliphatic carbocycles. The van der Waals surface area contributed by atoms with Gasteiger partial charge in [-0.15, -0.1) is 11.3 Å². The molecule has 0 atom stereocenters. The number of rotatable bonds is 8. The normalized spacial score (nSPS) is 14.6. The van der Waals surface area contributed by atoms with Crippen molar-refractivity contribution in [1.29, 1.82) is 0 Å². The maximum atomic E-state index is 12.7. The van der Waals surface area contributed by atoms with Gasteiger partial charge in [0.2, 0.25) is 5.91 Å². The largest absolute Gasteiger partial charge is 0.506 e. The zero-order valence-electron chi connectivity index (χ0n) is 16.8. The number of nitrogens with one attached hydrogen (secondary N) is 2. The van der Waals surface area contributed by atoms with E-state index in [1.807, 2.05) is 42.6 Å². The second-order valence-electron chi connectivity index (χ2n) is 7.17. The van der Waals surface area contributed by atoms with Gasteiger partial charge >= 0.3 is 0 Å². The summed E-state index contributed by atoms with van der Waals surface area (Å²) in [6.07, 6.45) is 0. The first-order chi connectivity index (χ1) is 14.1. The lowest BCUT2D eigenvalue weighted by Crippen LogP contribution is -3.15. The SMILES string of the molecule is CCN(CC(=O)NCc1cccs1)C(=O)C[NH+]1CCN(c2ccccc2O)CC1. The van der Waals surface area contributed by atoms with Crippen LogP contribution in [0.15, 0.2) is 41.8 Å². The maximum Gasteiger partial charge on any atom is 0.278 e. The molecule has 3 N–H and O–H groups in total. The van der Waals surface area contributed by atoms with Gasteiger partial charge in [-0.2, -0.15) is 0 Å². The van der Waals surface area contributed by atoms with Crippen LogP contribution in [0.1, 0.15) is 11.8 Å². The molecule has 0 saturated carbocycles. The van der Waals surface area contributed by atoms with Gasteiger partial charge in [0.1, 0.15) is 5.75 Å². The number of phenols is 1. The highest BCUT2D eigenvalue weighted by atomic mass is 32.1. The van der Waals surface area contributed by atoms with E-state index >= 15 is 0 Å². The molecule has 1 aromatic heterocycles. The number of hydrogen-bond donors (Lipinski definition) is 3. The predicted octanol–water partition coefficient (Wildman–Crippen LogP) is 0.324. The van der Waals surface area contributed by atoms with E-state index < -0.39 is 0 Å². The molecule has 156 valence electrons. The Labute approximate surface area is 175 Å². The van der Waals surface area contributed by atoms with E-state index in [4.69, 9.17) is 0 Å². The lowest BCUT2D eigenvalue weighted by molar-refractivity contribution is -0.892. The Morgan fingerprint density at radius 1 is 1.21 bits per heavy atom. The molecular formula is C21H29N4O3S+. The minimum atomic E-state index is -0.132. The number of benzene rings is 1. The Balaban J connectivity index is 1.43. The number of amides is 2. The summed E-state index contributed by atoms with van der Waals surface area (Å²) in [5.41, 5.74) is 0.843. The number of piperazine rings is 1. The molecule has 0 unspecified atom stereocenters. The minimum Gasteiger partial charge on any atom is -0.506 e. The Morgan fingerprint density at radius 2 is 1.97 bits per heavy atom. The molecule has 2 amide bonds. The summed E-state index contributed by atoms with van der Waals surface area (Å²) in [5.74, 6) is 0.162. The molecule has 1 saturated heterocycles. The summed E-state index contributed by atoms with van der Waals surface area (Å²) in [4.78, 5) is 31.0. The van der Waals surface area contributed by atoms with Gasteiger partial charge in [-0.25, -0.2) is 0 Å². The number of thiophene rings is 1. The number of phenolic OH excluding ortho intramolecular Hbond substituents is 1. The first-order valence-electron chi connectivity index (χ1n) is 10.00. The van der Waals surface area contributed by atoms with E-state index in [2.05, 4.69) is 10.2 Å². The molecule has 8 heteroatoms. The van der Waals surface area contributed by atoms with Gasteiger partial charge in [0.15, 0.2) is 6.54 Å². The number of carbonyl (C=O) groups is 2. The standard InChI is InChI=1S/C21H28N4O3S/c1-2-24(15-20(27)22-14-17-6-5-13-29-17)21(28)16-23-9-11-25(12-10-23)18-7-3-4-8-19(18)26/h3-8,13,26H,2,9-12,14-16H2,1H3,(H,22,27)/p+1. The van der Waals surface area contributed by atoms with E-state index in [1.165, 1.54) is 4.90 Å². The van der Waals surface area contributed by atoms with E-state index in [0.717, 1.165) is 36.7 Å². The van der Waals surface area contributed by atoms with Gasteiger partial charge in [0.05, 0.1) is 45.0 Å². The molecule has 3 rings (SSSR count). The summed E-state index contributed by atoms with van der Waals surface area (Å²) in [7, 11) is 0. The van der Waals surface area contributed by atoms with E-state index in [1.54, 1.807) is 22.3 Å². The third-order valence-corrected chi connectivity index (χ3v) is 6.08. The van der Waals surface area contributed by atoms with Gasteiger partial charge in [0, 0.05) is 11.4 Å². The molecule has 7 nitrogen and oxygen atoms in total. The molecule has 1 aliphatic heterocycles. The van der Waals surface area contributed by atoms with Gasteiger partial charge in [-0.1, -0.05) is 18.2 Å². The first-order valence-corrected chi connectivity index (χ1v) is 10.9. The van der Waals surface area contributed by atoms with Crippen LogP contribution in [0.3, 0.4) is 0 Å². The molecule has 2 aromatic rings. The fraction of sp³-hybridized carbons (Fsp3) is 0.429. The molecule has 2 heterocycles. The van der Waals surface area contributed by atoms with Crippen molar-refractivity contribution in [3.63, 3.8) is 0 Å². The molecule has 29 heavy (non-hydrogen) atoms. The summed E-state index contributed by atoms with van der Waals surface area (Å²) in [6.45, 7) is 6.62. The van der Waals surface area contributed by atoms with Crippen molar-refractivity contribution < 1.29 is 19.6 Å². The topological polar surface area (TPSA) is 77.3 Å². The average Bonchev–Trinajstić information content (AvgIpc) is 3.25. The summed E-state index contributed by atoms with van der Waals surface area (Å²) in [6, 6.07) is 11.3. The Kier molecular flexibility index (Phi) is 7.48. The number of carbonyl (C=O) groups excluding carboxylic acids is 2. The predicted molar refractivity (Wildman–Crippen MR) is 114 cm³/mol. The number of hydrogen-bond acceptors (Lipinski definition) is 5. The fourth-order valence-electron chi connectivity index (χ4n) is 3.50. The lowest BCUT2D eigenvalue weighted by atomic mass is 10.2. The number of anilines is 1. The van der Waals surface area contributed by atoms with Crippen molar-refractivity contribution >= 4 is 28.8 Å². The lowest BCUT2D eigenvalue weighted by Gasteiger charge is -2.34. The van der Waals surface area contributed by atoms with E-state index in [0.29, 0.717) is 19.6 Å². The second kappa shape index (κ2) is 10.3. The van der Waals surface area contributed by atoms with Crippen LogP contribution in [-0.4, -0.2) is 67.6 Å². The third-order valence-electron chi connectivity index (χ3n) is 5.20.